The molecule has 0 saturated heterocycles. The van der Waals surface area contributed by atoms with E-state index in [2.05, 4.69) is 20.1 Å². The van der Waals surface area contributed by atoms with Gasteiger partial charge in [0.25, 0.3) is 5.69 Å². The van der Waals surface area contributed by atoms with Crippen molar-refractivity contribution in [2.24, 2.45) is 0 Å². The Morgan fingerprint density at radius 3 is 2.64 bits per heavy atom. The zero-order valence-electron chi connectivity index (χ0n) is 14.0. The van der Waals surface area contributed by atoms with Gasteiger partial charge in [0.15, 0.2) is 0 Å². The van der Waals surface area contributed by atoms with Crippen LogP contribution < -0.4 is 0 Å². The molecule has 3 aromatic rings. The molecule has 0 amide bonds. The lowest BCUT2D eigenvalue weighted by atomic mass is 10.2. The van der Waals surface area contributed by atoms with Gasteiger partial charge in [0.2, 0.25) is 11.8 Å². The van der Waals surface area contributed by atoms with Crippen LogP contribution in [0, 0.1) is 17.0 Å². The summed E-state index contributed by atoms with van der Waals surface area (Å²) in [4.78, 5) is 17.8. The van der Waals surface area contributed by atoms with E-state index in [0.29, 0.717) is 17.3 Å². The molecule has 0 spiro atoms. The first-order valence-corrected chi connectivity index (χ1v) is 8.45. The molecule has 130 valence electrons. The highest BCUT2D eigenvalue weighted by Gasteiger charge is 2.20. The van der Waals surface area contributed by atoms with E-state index in [0.717, 1.165) is 11.6 Å². The highest BCUT2D eigenvalue weighted by molar-refractivity contribution is 7.11. The van der Waals surface area contributed by atoms with E-state index in [4.69, 9.17) is 4.42 Å². The Morgan fingerprint density at radius 1 is 1.32 bits per heavy atom. The second-order valence-corrected chi connectivity index (χ2v) is 7.01. The first-order chi connectivity index (χ1) is 11.9. The van der Waals surface area contributed by atoms with Crippen LogP contribution in [0.1, 0.15) is 28.7 Å². The van der Waals surface area contributed by atoms with Gasteiger partial charge in [0, 0.05) is 35.3 Å². The predicted molar refractivity (Wildman–Crippen MR) is 93.1 cm³/mol. The number of nitrogens with zero attached hydrogens (tertiary/aromatic N) is 5. The molecule has 1 atom stereocenters. The van der Waals surface area contributed by atoms with Gasteiger partial charge in [-0.2, -0.15) is 0 Å². The number of thiazole rings is 1. The summed E-state index contributed by atoms with van der Waals surface area (Å²) in [6.45, 7) is 4.70. The quantitative estimate of drug-likeness (QED) is 0.490. The van der Waals surface area contributed by atoms with Crippen molar-refractivity contribution < 1.29 is 9.34 Å². The summed E-state index contributed by atoms with van der Waals surface area (Å²) in [5.41, 5.74) is 0.675. The van der Waals surface area contributed by atoms with Crippen molar-refractivity contribution in [3.63, 3.8) is 0 Å². The summed E-state index contributed by atoms with van der Waals surface area (Å²) in [5, 5.41) is 19.9. The maximum absolute atomic E-state index is 10.7. The molecule has 0 fully saturated rings. The molecular weight excluding hydrogens is 342 g/mol. The predicted octanol–water partition coefficient (Wildman–Crippen LogP) is 3.60. The zero-order valence-corrected chi connectivity index (χ0v) is 14.9. The average molecular weight is 359 g/mol. The third kappa shape index (κ3) is 3.89. The van der Waals surface area contributed by atoms with Gasteiger partial charge in [-0.25, -0.2) is 4.98 Å². The SMILES string of the molecule is Cc1ncc(CN(C)[C@@H](C)c2nnc(-c3ccc([N+](=O)[O-])cc3)o2)s1. The minimum absolute atomic E-state index is 0.0245. The van der Waals surface area contributed by atoms with Crippen LogP contribution in [0.15, 0.2) is 34.9 Å². The van der Waals surface area contributed by atoms with Crippen LogP contribution in [0.25, 0.3) is 11.5 Å². The fraction of sp³-hybridized carbons (Fsp3) is 0.312. The second kappa shape index (κ2) is 7.08. The highest BCUT2D eigenvalue weighted by atomic mass is 32.1. The van der Waals surface area contributed by atoms with Crippen molar-refractivity contribution in [2.75, 3.05) is 7.05 Å². The van der Waals surface area contributed by atoms with Crippen molar-refractivity contribution in [1.29, 1.82) is 0 Å². The zero-order chi connectivity index (χ0) is 18.0. The van der Waals surface area contributed by atoms with Crippen LogP contribution in [-0.4, -0.2) is 32.1 Å². The van der Waals surface area contributed by atoms with Gasteiger partial charge in [-0.1, -0.05) is 0 Å². The molecule has 9 heteroatoms. The van der Waals surface area contributed by atoms with Crippen LogP contribution in [0.5, 0.6) is 0 Å². The van der Waals surface area contributed by atoms with E-state index in [1.165, 1.54) is 17.0 Å². The van der Waals surface area contributed by atoms with Gasteiger partial charge in [0.1, 0.15) is 0 Å². The van der Waals surface area contributed by atoms with Crippen molar-refractivity contribution in [3.8, 4) is 11.5 Å². The van der Waals surface area contributed by atoms with Crippen LogP contribution in [0.3, 0.4) is 0 Å². The van der Waals surface area contributed by atoms with E-state index in [-0.39, 0.29) is 11.7 Å². The summed E-state index contributed by atoms with van der Waals surface area (Å²) in [5.74, 6) is 0.843. The van der Waals surface area contributed by atoms with Gasteiger partial charge in [-0.05, 0) is 33.0 Å². The van der Waals surface area contributed by atoms with Gasteiger partial charge < -0.3 is 4.42 Å². The molecule has 0 radical (unpaired) electrons. The highest BCUT2D eigenvalue weighted by Crippen LogP contribution is 2.26. The Balaban J connectivity index is 1.72. The number of non-ortho nitro benzene ring substituents is 1. The topological polar surface area (TPSA) is 98.2 Å². The van der Waals surface area contributed by atoms with E-state index in [1.807, 2.05) is 27.1 Å². The molecular formula is C16H17N5O3S. The lowest BCUT2D eigenvalue weighted by Crippen LogP contribution is -2.21. The van der Waals surface area contributed by atoms with Gasteiger partial charge in [-0.15, -0.1) is 21.5 Å². The molecule has 0 aliphatic carbocycles. The number of nitro groups is 1. The number of rotatable bonds is 6. The summed E-state index contributed by atoms with van der Waals surface area (Å²) in [7, 11) is 1.98. The first-order valence-electron chi connectivity index (χ1n) is 7.64. The number of hydrogen-bond acceptors (Lipinski definition) is 8. The van der Waals surface area contributed by atoms with E-state index >= 15 is 0 Å². The molecule has 0 N–H and O–H groups in total. The third-order valence-electron chi connectivity index (χ3n) is 3.86. The standard InChI is InChI=1S/C16H17N5O3S/c1-10(20(3)9-14-8-17-11(2)25-14)15-18-19-16(24-15)12-4-6-13(7-5-12)21(22)23/h4-8,10H,9H2,1-3H3/t10-/m0/s1. The Kier molecular flexibility index (Phi) is 4.86. The van der Waals surface area contributed by atoms with E-state index in [1.54, 1.807) is 23.5 Å². The normalized spacial score (nSPS) is 12.5. The summed E-state index contributed by atoms with van der Waals surface area (Å²) >= 11 is 1.66. The first kappa shape index (κ1) is 17.2. The molecule has 25 heavy (non-hydrogen) atoms. The van der Waals surface area contributed by atoms with E-state index in [9.17, 15) is 10.1 Å². The van der Waals surface area contributed by atoms with Gasteiger partial charge >= 0.3 is 0 Å². The Bertz CT molecular complexity index is 874. The Morgan fingerprint density at radius 2 is 2.04 bits per heavy atom. The van der Waals surface area contributed by atoms with Crippen LogP contribution in [-0.2, 0) is 6.54 Å². The number of aromatic nitrogens is 3. The van der Waals surface area contributed by atoms with E-state index < -0.39 is 4.92 Å². The molecule has 0 aliphatic rings. The van der Waals surface area contributed by atoms with Crippen LogP contribution in [0.4, 0.5) is 5.69 Å². The third-order valence-corrected chi connectivity index (χ3v) is 4.76. The lowest BCUT2D eigenvalue weighted by Gasteiger charge is -2.20. The largest absolute Gasteiger partial charge is 0.419 e. The van der Waals surface area contributed by atoms with Crippen molar-refractivity contribution >= 4 is 17.0 Å². The lowest BCUT2D eigenvalue weighted by molar-refractivity contribution is -0.384. The van der Waals surface area contributed by atoms with Crippen molar-refractivity contribution in [1.82, 2.24) is 20.1 Å². The van der Waals surface area contributed by atoms with Crippen molar-refractivity contribution in [3.05, 3.63) is 56.4 Å². The van der Waals surface area contributed by atoms with Crippen LogP contribution >= 0.6 is 11.3 Å². The van der Waals surface area contributed by atoms with Crippen molar-refractivity contribution in [2.45, 2.75) is 26.4 Å². The maximum atomic E-state index is 10.7. The molecule has 0 unspecified atom stereocenters. The summed E-state index contributed by atoms with van der Waals surface area (Å²) < 4.78 is 5.75. The number of nitro benzene ring substituents is 1. The number of aryl methyl sites for hydroxylation is 1. The fourth-order valence-electron chi connectivity index (χ4n) is 2.30. The molecule has 2 aromatic heterocycles. The fourth-order valence-corrected chi connectivity index (χ4v) is 3.15. The monoisotopic (exact) mass is 359 g/mol. The number of benzene rings is 1. The average Bonchev–Trinajstić information content (AvgIpc) is 3.23. The number of hydrogen-bond donors (Lipinski definition) is 0. The molecule has 0 aliphatic heterocycles. The molecule has 1 aromatic carbocycles. The molecule has 0 bridgehead atoms. The van der Waals surface area contributed by atoms with Gasteiger partial charge in [0.05, 0.1) is 16.0 Å². The van der Waals surface area contributed by atoms with Crippen LogP contribution in [0.2, 0.25) is 0 Å². The molecule has 0 saturated carbocycles. The molecule has 3 rings (SSSR count). The smallest absolute Gasteiger partial charge is 0.269 e. The summed E-state index contributed by atoms with van der Waals surface area (Å²) in [6.07, 6.45) is 1.87. The minimum atomic E-state index is -0.443. The van der Waals surface area contributed by atoms with Gasteiger partial charge in [-0.3, -0.25) is 15.0 Å². The molecule has 8 nitrogen and oxygen atoms in total. The maximum Gasteiger partial charge on any atom is 0.269 e. The minimum Gasteiger partial charge on any atom is -0.419 e. The Hall–Kier alpha value is -2.65. The molecule has 2 heterocycles. The summed E-state index contributed by atoms with van der Waals surface area (Å²) in [6, 6.07) is 5.97. The Labute approximate surface area is 148 Å². The second-order valence-electron chi connectivity index (χ2n) is 5.69.